The van der Waals surface area contributed by atoms with Crippen molar-refractivity contribution in [1.82, 2.24) is 0 Å². The van der Waals surface area contributed by atoms with Crippen molar-refractivity contribution >= 4 is 0 Å². The Morgan fingerprint density at radius 1 is 0.375 bits per heavy atom. The maximum atomic E-state index is 10.7. The van der Waals surface area contributed by atoms with Crippen LogP contribution in [0.1, 0.15) is 336 Å². The first kappa shape index (κ1) is 71.8. The van der Waals surface area contributed by atoms with E-state index in [9.17, 15) is 30.6 Å². The molecule has 6 N–H and O–H groups in total. The standard InChI is InChI=1S/2C27H48O2.C27H46O2.CH4/c3*1-6-20(28)9-7-18(2)22-11-12-23-21-10-8-19-17-25(3,29)15-16-26(19,4)24(21)13-14-27(22,23)5;/h2*18-24,28-29H,6-17H2,1-5H3;8,18,20-24,28-29H,6-7,9-17H2,1-5H3;1H4/t18-,19+,20+,21+,22-,23+,24+,25+,26+,27-;18-,19-,20+,21+,22-,23+,24+,25+,26+,27-;18-,20+,21+,22-,23+,24+,25+,26+,27-;/m111./s1. The van der Waals surface area contributed by atoms with Crippen LogP contribution in [-0.2, 0) is 0 Å². The quantitative estimate of drug-likeness (QED) is 0.0909. The first-order chi connectivity index (χ1) is 40.8. The second-order valence-corrected chi connectivity index (χ2v) is 37.7. The van der Waals surface area contributed by atoms with Crippen molar-refractivity contribution in [1.29, 1.82) is 0 Å². The third kappa shape index (κ3) is 13.5. The maximum Gasteiger partial charge on any atom is 0.0657 e. The molecular formula is C82H146O6. The Morgan fingerprint density at radius 3 is 1.09 bits per heavy atom. The minimum Gasteiger partial charge on any atom is -0.393 e. The first-order valence-electron chi connectivity index (χ1n) is 38.7. The molecule has 11 fully saturated rings. The van der Waals surface area contributed by atoms with Gasteiger partial charge >= 0.3 is 0 Å². The van der Waals surface area contributed by atoms with Gasteiger partial charge in [-0.25, -0.2) is 0 Å². The van der Waals surface area contributed by atoms with Crippen molar-refractivity contribution in [2.24, 2.45) is 133 Å². The van der Waals surface area contributed by atoms with Crippen molar-refractivity contribution in [3.8, 4) is 0 Å². The summed E-state index contributed by atoms with van der Waals surface area (Å²) in [6.45, 7) is 35.6. The SMILES string of the molecule is C.CC[C@H](O)CC[C@@H](C)[C@H]1CC[C@H]2[C@@H]3CC=C4C[C@@](C)(O)CC[C@]4(C)[C@H]3CC[C@]12C.CC[C@H](O)CC[C@@H](C)[C@H]1CC[C@H]2[C@@H]3CC[C@@H]4C[C@@](C)(O)CC[C@]4(C)[C@H]3CC[C@]12C.CC[C@H](O)CC[C@@H](C)[C@H]1CC[C@H]2[C@@H]3CC[C@H]4C[C@@](C)(O)CC[C@]4(C)[C@H]3CC[C@]12C. The number of rotatable bonds is 15. The van der Waals surface area contributed by atoms with E-state index in [0.717, 1.165) is 178 Å². The molecule has 0 bridgehead atoms. The molecule has 0 radical (unpaired) electrons. The Balaban J connectivity index is 0.000000156. The van der Waals surface area contributed by atoms with E-state index in [1.165, 1.54) is 148 Å². The zero-order chi connectivity index (χ0) is 63.1. The molecule has 0 aliphatic heterocycles. The molecule has 0 aromatic rings. The average Bonchev–Trinajstić information content (AvgIpc) is 1.30. The van der Waals surface area contributed by atoms with Crippen molar-refractivity contribution in [2.45, 2.75) is 371 Å². The predicted molar refractivity (Wildman–Crippen MR) is 368 cm³/mol. The van der Waals surface area contributed by atoms with E-state index >= 15 is 0 Å². The van der Waals surface area contributed by atoms with Gasteiger partial charge in [-0.3, -0.25) is 0 Å². The van der Waals surface area contributed by atoms with Crippen LogP contribution in [0.2, 0.25) is 0 Å². The van der Waals surface area contributed by atoms with Crippen molar-refractivity contribution < 1.29 is 30.6 Å². The zero-order valence-corrected chi connectivity index (χ0v) is 59.6. The molecule has 11 saturated carbocycles. The van der Waals surface area contributed by atoms with E-state index in [1.807, 2.05) is 6.92 Å². The third-order valence-electron chi connectivity index (χ3n) is 32.8. The van der Waals surface area contributed by atoms with Gasteiger partial charge in [0.15, 0.2) is 0 Å². The lowest BCUT2D eigenvalue weighted by Gasteiger charge is -2.62. The van der Waals surface area contributed by atoms with Crippen LogP contribution in [0.3, 0.4) is 0 Å². The Morgan fingerprint density at radius 2 is 0.716 bits per heavy atom. The fourth-order valence-corrected chi connectivity index (χ4v) is 27.2. The van der Waals surface area contributed by atoms with Gasteiger partial charge in [-0.05, 0) is 379 Å². The monoisotopic (exact) mass is 1230 g/mol. The molecule has 0 aromatic heterocycles. The molecule has 0 saturated heterocycles. The summed E-state index contributed by atoms with van der Waals surface area (Å²) in [4.78, 5) is 0. The molecule has 0 amide bonds. The van der Waals surface area contributed by atoms with E-state index < -0.39 is 16.8 Å². The summed E-state index contributed by atoms with van der Waals surface area (Å²) in [5.74, 6) is 14.3. The zero-order valence-electron chi connectivity index (χ0n) is 59.6. The van der Waals surface area contributed by atoms with Crippen LogP contribution < -0.4 is 0 Å². The summed E-state index contributed by atoms with van der Waals surface area (Å²) >= 11 is 0. The molecular weight excluding hydrogens is 1080 g/mol. The van der Waals surface area contributed by atoms with Gasteiger partial charge in [-0.15, -0.1) is 0 Å². The van der Waals surface area contributed by atoms with Gasteiger partial charge in [0.05, 0.1) is 35.1 Å². The highest BCUT2D eigenvalue weighted by Crippen LogP contribution is 2.72. The van der Waals surface area contributed by atoms with Gasteiger partial charge in [-0.1, -0.05) is 102 Å². The van der Waals surface area contributed by atoms with E-state index in [0.29, 0.717) is 32.5 Å². The van der Waals surface area contributed by atoms with Crippen LogP contribution in [0, 0.1) is 133 Å². The van der Waals surface area contributed by atoms with Gasteiger partial charge in [0, 0.05) is 0 Å². The van der Waals surface area contributed by atoms with E-state index in [-0.39, 0.29) is 25.7 Å². The fourth-order valence-electron chi connectivity index (χ4n) is 27.2. The number of aliphatic hydroxyl groups is 6. The van der Waals surface area contributed by atoms with Crippen LogP contribution in [0.4, 0.5) is 0 Å². The van der Waals surface area contributed by atoms with Crippen LogP contribution in [0.5, 0.6) is 0 Å². The summed E-state index contributed by atoms with van der Waals surface area (Å²) in [6.07, 6.45) is 44.9. The second-order valence-electron chi connectivity index (χ2n) is 37.7. The Bertz CT molecular complexity index is 2200. The van der Waals surface area contributed by atoms with Gasteiger partial charge in [0.1, 0.15) is 0 Å². The van der Waals surface area contributed by atoms with Crippen LogP contribution in [-0.4, -0.2) is 65.8 Å². The molecule has 0 spiro atoms. The lowest BCUT2D eigenvalue weighted by Crippen LogP contribution is -2.55. The molecule has 12 rings (SSSR count). The molecule has 12 aliphatic carbocycles. The Hall–Kier alpha value is -0.500. The topological polar surface area (TPSA) is 121 Å². The number of aliphatic hydroxyl groups excluding tert-OH is 3. The molecule has 6 nitrogen and oxygen atoms in total. The van der Waals surface area contributed by atoms with Gasteiger partial charge in [-0.2, -0.15) is 0 Å². The number of hydrogen-bond donors (Lipinski definition) is 6. The summed E-state index contributed by atoms with van der Waals surface area (Å²) in [5.41, 5.74) is 3.09. The van der Waals surface area contributed by atoms with E-state index in [1.54, 1.807) is 5.57 Å². The smallest absolute Gasteiger partial charge is 0.0657 e. The molecule has 0 heterocycles. The molecule has 0 unspecified atom stereocenters. The fraction of sp³-hybridized carbons (Fsp3) is 0.976. The summed E-state index contributed by atoms with van der Waals surface area (Å²) in [5, 5.41) is 62.2. The van der Waals surface area contributed by atoms with Gasteiger partial charge in [0.25, 0.3) is 0 Å². The number of allylic oxidation sites excluding steroid dienone is 1. The predicted octanol–water partition coefficient (Wildman–Crippen LogP) is 20.3. The van der Waals surface area contributed by atoms with Crippen LogP contribution in [0.15, 0.2) is 11.6 Å². The largest absolute Gasteiger partial charge is 0.393 e. The molecule has 12 aliphatic rings. The van der Waals surface area contributed by atoms with Crippen LogP contribution >= 0.6 is 0 Å². The second kappa shape index (κ2) is 27.2. The average molecular weight is 1230 g/mol. The van der Waals surface area contributed by atoms with E-state index in [4.69, 9.17) is 0 Å². The molecule has 510 valence electrons. The Labute approximate surface area is 543 Å². The summed E-state index contributed by atoms with van der Waals surface area (Å²) < 4.78 is 0. The lowest BCUT2D eigenvalue weighted by molar-refractivity contribution is -0.148. The molecule has 29 atom stereocenters. The van der Waals surface area contributed by atoms with Crippen LogP contribution in [0.25, 0.3) is 0 Å². The van der Waals surface area contributed by atoms with Crippen molar-refractivity contribution in [3.05, 3.63) is 11.6 Å². The highest BCUT2D eigenvalue weighted by Gasteiger charge is 2.64. The maximum absolute atomic E-state index is 10.7. The normalized spacial score (nSPS) is 50.1. The molecule has 0 aromatic carbocycles. The van der Waals surface area contributed by atoms with Gasteiger partial charge < -0.3 is 30.6 Å². The Kier molecular flexibility index (Phi) is 22.2. The van der Waals surface area contributed by atoms with Crippen molar-refractivity contribution in [2.75, 3.05) is 0 Å². The van der Waals surface area contributed by atoms with Gasteiger partial charge in [0.2, 0.25) is 0 Å². The lowest BCUT2D eigenvalue weighted by atomic mass is 9.43. The molecule has 88 heavy (non-hydrogen) atoms. The highest BCUT2D eigenvalue weighted by atomic mass is 16.3. The third-order valence-corrected chi connectivity index (χ3v) is 32.8. The van der Waals surface area contributed by atoms with Crippen molar-refractivity contribution in [3.63, 3.8) is 0 Å². The molecule has 6 heteroatoms. The first-order valence-corrected chi connectivity index (χ1v) is 38.7. The minimum atomic E-state index is -0.488. The van der Waals surface area contributed by atoms with E-state index in [2.05, 4.69) is 103 Å². The summed E-state index contributed by atoms with van der Waals surface area (Å²) in [6, 6.07) is 0. The highest BCUT2D eigenvalue weighted by molar-refractivity contribution is 5.27. The number of hydrogen-bond acceptors (Lipinski definition) is 6. The number of fused-ring (bicyclic) bond motifs is 15. The summed E-state index contributed by atoms with van der Waals surface area (Å²) in [7, 11) is 0. The minimum absolute atomic E-state index is 0.